The van der Waals surface area contributed by atoms with Gasteiger partial charge in [0.1, 0.15) is 5.76 Å². The molecule has 0 radical (unpaired) electrons. The second-order valence-corrected chi connectivity index (χ2v) is 8.64. The molecule has 1 aliphatic rings. The lowest BCUT2D eigenvalue weighted by atomic mass is 9.94. The Hall–Kier alpha value is -2.11. The van der Waals surface area contributed by atoms with Crippen molar-refractivity contribution in [2.75, 3.05) is 26.2 Å². The minimum Gasteiger partial charge on any atom is -0.444 e. The Labute approximate surface area is 172 Å². The van der Waals surface area contributed by atoms with E-state index >= 15 is 0 Å². The number of halogens is 1. The van der Waals surface area contributed by atoms with E-state index in [0.29, 0.717) is 18.1 Å². The first-order valence-corrected chi connectivity index (χ1v) is 10.1. The molecule has 3 rings (SSSR count). The van der Waals surface area contributed by atoms with Gasteiger partial charge in [-0.3, -0.25) is 9.69 Å². The molecule has 1 aromatic heterocycles. The first-order valence-electron chi connectivity index (χ1n) is 9.71. The van der Waals surface area contributed by atoms with Crippen LogP contribution in [0.25, 0.3) is 6.08 Å². The third kappa shape index (κ3) is 5.69. The fraction of sp³-hybridized carbons (Fsp3) is 0.455. The van der Waals surface area contributed by atoms with Gasteiger partial charge in [-0.15, -0.1) is 0 Å². The lowest BCUT2D eigenvalue weighted by Gasteiger charge is -2.20. The van der Waals surface area contributed by atoms with Crippen molar-refractivity contribution in [3.05, 3.63) is 58.8 Å². The average molecular weight is 402 g/mol. The van der Waals surface area contributed by atoms with E-state index < -0.39 is 0 Å². The van der Waals surface area contributed by atoms with Crippen molar-refractivity contribution >= 4 is 23.6 Å². The smallest absolute Gasteiger partial charge is 0.246 e. The molecule has 1 aromatic carbocycles. The minimum absolute atomic E-state index is 0.0380. The molecular weight excluding hydrogens is 374 g/mol. The minimum atomic E-state index is -0.0380. The number of nitrogens with zero attached hydrogens (tertiary/aromatic N) is 3. The lowest BCUT2D eigenvalue weighted by molar-refractivity contribution is -0.125. The lowest BCUT2D eigenvalue weighted by Crippen LogP contribution is -2.34. The van der Waals surface area contributed by atoms with Gasteiger partial charge in [0.2, 0.25) is 11.8 Å². The van der Waals surface area contributed by atoms with Crippen LogP contribution in [0.4, 0.5) is 0 Å². The van der Waals surface area contributed by atoms with E-state index in [1.54, 1.807) is 6.08 Å². The number of oxazole rings is 1. The molecule has 1 saturated heterocycles. The second kappa shape index (κ2) is 8.93. The highest BCUT2D eigenvalue weighted by molar-refractivity contribution is 6.30. The Morgan fingerprint density at radius 3 is 2.61 bits per heavy atom. The van der Waals surface area contributed by atoms with Crippen LogP contribution in [0.15, 0.2) is 41.0 Å². The van der Waals surface area contributed by atoms with Crippen LogP contribution in [-0.2, 0) is 16.8 Å². The molecular formula is C22H28ClN3O2. The zero-order valence-corrected chi connectivity index (χ0v) is 17.6. The number of hydrogen-bond donors (Lipinski definition) is 0. The van der Waals surface area contributed by atoms with Crippen LogP contribution in [0.5, 0.6) is 0 Å². The first kappa shape index (κ1) is 20.6. The molecule has 2 heterocycles. The molecule has 1 amide bonds. The third-order valence-electron chi connectivity index (χ3n) is 4.84. The molecule has 0 unspecified atom stereocenters. The molecule has 150 valence electrons. The number of benzene rings is 1. The molecule has 0 bridgehead atoms. The Kier molecular flexibility index (Phi) is 6.57. The van der Waals surface area contributed by atoms with E-state index in [9.17, 15) is 4.79 Å². The zero-order chi connectivity index (χ0) is 20.1. The van der Waals surface area contributed by atoms with Crippen molar-refractivity contribution in [1.82, 2.24) is 14.8 Å². The second-order valence-electron chi connectivity index (χ2n) is 8.21. The van der Waals surface area contributed by atoms with Gasteiger partial charge in [0, 0.05) is 42.7 Å². The fourth-order valence-electron chi connectivity index (χ4n) is 3.12. The highest BCUT2D eigenvalue weighted by Crippen LogP contribution is 2.23. The molecule has 0 atom stereocenters. The van der Waals surface area contributed by atoms with Gasteiger partial charge in [-0.05, 0) is 30.2 Å². The Bertz CT molecular complexity index is 821. The third-order valence-corrected chi connectivity index (χ3v) is 5.09. The van der Waals surface area contributed by atoms with Crippen molar-refractivity contribution in [3.63, 3.8) is 0 Å². The monoisotopic (exact) mass is 401 g/mol. The fourth-order valence-corrected chi connectivity index (χ4v) is 3.24. The largest absolute Gasteiger partial charge is 0.444 e. The number of hydrogen-bond acceptors (Lipinski definition) is 4. The molecule has 0 aliphatic carbocycles. The summed E-state index contributed by atoms with van der Waals surface area (Å²) in [6, 6.07) is 7.45. The highest BCUT2D eigenvalue weighted by Gasteiger charge is 2.22. The van der Waals surface area contributed by atoms with Crippen LogP contribution in [0, 0.1) is 0 Å². The zero-order valence-electron chi connectivity index (χ0n) is 16.8. The maximum absolute atomic E-state index is 12.5. The van der Waals surface area contributed by atoms with Crippen LogP contribution in [-0.4, -0.2) is 46.9 Å². The van der Waals surface area contributed by atoms with E-state index in [1.165, 1.54) is 0 Å². The Morgan fingerprint density at radius 2 is 1.93 bits per heavy atom. The number of carbonyl (C=O) groups is 1. The van der Waals surface area contributed by atoms with Crippen LogP contribution in [0.2, 0.25) is 5.02 Å². The van der Waals surface area contributed by atoms with Gasteiger partial charge in [-0.2, -0.15) is 0 Å². The SMILES string of the molecule is CC(C)(C)c1cnc(CN2CCCN(C(=O)/C=C/c3ccc(Cl)cc3)CC2)o1. The number of carbonyl (C=O) groups excluding carboxylic acids is 1. The summed E-state index contributed by atoms with van der Waals surface area (Å²) in [5.74, 6) is 1.69. The van der Waals surface area contributed by atoms with Gasteiger partial charge < -0.3 is 9.32 Å². The van der Waals surface area contributed by atoms with E-state index in [1.807, 2.05) is 41.4 Å². The van der Waals surface area contributed by atoms with E-state index in [0.717, 1.165) is 43.3 Å². The molecule has 0 N–H and O–H groups in total. The van der Waals surface area contributed by atoms with Gasteiger partial charge in [0.05, 0.1) is 12.7 Å². The van der Waals surface area contributed by atoms with Crippen molar-refractivity contribution in [1.29, 1.82) is 0 Å². The normalized spacial score (nSPS) is 16.5. The topological polar surface area (TPSA) is 49.6 Å². The van der Waals surface area contributed by atoms with Crippen molar-refractivity contribution in [2.24, 2.45) is 0 Å². The van der Waals surface area contributed by atoms with Crippen molar-refractivity contribution < 1.29 is 9.21 Å². The molecule has 6 heteroatoms. The molecule has 1 fully saturated rings. The summed E-state index contributed by atoms with van der Waals surface area (Å²) >= 11 is 5.89. The molecule has 0 spiro atoms. The Balaban J connectivity index is 1.53. The van der Waals surface area contributed by atoms with Crippen LogP contribution < -0.4 is 0 Å². The van der Waals surface area contributed by atoms with E-state index in [-0.39, 0.29) is 11.3 Å². The number of amides is 1. The quantitative estimate of drug-likeness (QED) is 0.713. The number of aromatic nitrogens is 1. The van der Waals surface area contributed by atoms with Crippen molar-refractivity contribution in [3.8, 4) is 0 Å². The maximum atomic E-state index is 12.5. The highest BCUT2D eigenvalue weighted by atomic mass is 35.5. The molecule has 1 aliphatic heterocycles. The summed E-state index contributed by atoms with van der Waals surface area (Å²) in [5, 5.41) is 0.691. The summed E-state index contributed by atoms with van der Waals surface area (Å²) in [6.07, 6.45) is 6.24. The summed E-state index contributed by atoms with van der Waals surface area (Å²) in [4.78, 5) is 21.2. The summed E-state index contributed by atoms with van der Waals surface area (Å²) in [6.45, 7) is 10.2. The maximum Gasteiger partial charge on any atom is 0.246 e. The molecule has 2 aromatic rings. The molecule has 0 saturated carbocycles. The predicted octanol–water partition coefficient (Wildman–Crippen LogP) is 4.37. The van der Waals surface area contributed by atoms with E-state index in [4.69, 9.17) is 16.0 Å². The van der Waals surface area contributed by atoms with Gasteiger partial charge in [0.15, 0.2) is 0 Å². The van der Waals surface area contributed by atoms with Gasteiger partial charge in [0.25, 0.3) is 0 Å². The average Bonchev–Trinajstić information content (AvgIpc) is 3.00. The van der Waals surface area contributed by atoms with Crippen LogP contribution >= 0.6 is 11.6 Å². The van der Waals surface area contributed by atoms with E-state index in [2.05, 4.69) is 30.7 Å². The van der Waals surface area contributed by atoms with Crippen molar-refractivity contribution in [2.45, 2.75) is 39.2 Å². The van der Waals surface area contributed by atoms with Gasteiger partial charge in [-0.1, -0.05) is 44.5 Å². The molecule has 28 heavy (non-hydrogen) atoms. The summed E-state index contributed by atoms with van der Waals surface area (Å²) < 4.78 is 5.91. The first-order chi connectivity index (χ1) is 13.3. The predicted molar refractivity (Wildman–Crippen MR) is 112 cm³/mol. The Morgan fingerprint density at radius 1 is 1.18 bits per heavy atom. The standard InChI is InChI=1S/C22H28ClN3O2/c1-22(2,3)19-15-24-20(28-19)16-25-11-4-12-26(14-13-25)21(27)10-7-17-5-8-18(23)9-6-17/h5-10,15H,4,11-14,16H2,1-3H3/b10-7+. The van der Waals surface area contributed by atoms with Crippen LogP contribution in [0.3, 0.4) is 0 Å². The van der Waals surface area contributed by atoms with Gasteiger partial charge >= 0.3 is 0 Å². The number of rotatable bonds is 4. The van der Waals surface area contributed by atoms with Crippen LogP contribution in [0.1, 0.15) is 44.4 Å². The molecule has 5 nitrogen and oxygen atoms in total. The summed E-state index contributed by atoms with van der Waals surface area (Å²) in [7, 11) is 0. The van der Waals surface area contributed by atoms with Gasteiger partial charge in [-0.25, -0.2) is 4.98 Å². The summed E-state index contributed by atoms with van der Waals surface area (Å²) in [5.41, 5.74) is 0.927.